The quantitative estimate of drug-likeness (QED) is 0.854. The normalized spacial score (nSPS) is 18.0. The van der Waals surface area contributed by atoms with Crippen molar-refractivity contribution in [2.75, 3.05) is 51.2 Å². The number of benzene rings is 1. The number of aliphatic carboxylic acids is 1. The first-order valence-electron chi connectivity index (χ1n) is 7.53. The average Bonchev–Trinajstić information content (AvgIpc) is 2.53. The molecule has 1 atom stereocenters. The number of rotatable bonds is 6. The van der Waals surface area contributed by atoms with Crippen LogP contribution >= 0.6 is 0 Å². The number of likely N-dealkylation sites (N-methyl/N-ethyl adjacent to an activating group) is 1. The molecule has 0 amide bonds. The van der Waals surface area contributed by atoms with Gasteiger partial charge in [0.15, 0.2) is 0 Å². The predicted molar refractivity (Wildman–Crippen MR) is 84.8 cm³/mol. The summed E-state index contributed by atoms with van der Waals surface area (Å²) in [6.07, 6.45) is 0. The highest BCUT2D eigenvalue weighted by Crippen LogP contribution is 2.15. The Morgan fingerprint density at radius 1 is 1.24 bits per heavy atom. The number of hydrogen-bond donors (Lipinski definition) is 1. The molecule has 1 N–H and O–H groups in total. The van der Waals surface area contributed by atoms with Crippen molar-refractivity contribution in [3.8, 4) is 0 Å². The molecule has 0 radical (unpaired) electrons. The van der Waals surface area contributed by atoms with Gasteiger partial charge < -0.3 is 10.0 Å². The standard InChI is InChI=1S/C16H25N3O2/c1-14(16(20)21)17(2)8-9-18-10-12-19(13-11-18)15-6-4-3-5-7-15/h3-7,14H,8-13H2,1-2H3,(H,20,21). The van der Waals surface area contributed by atoms with Gasteiger partial charge in [0.25, 0.3) is 0 Å². The van der Waals surface area contributed by atoms with Gasteiger partial charge in [-0.15, -0.1) is 0 Å². The number of carboxylic acids is 1. The average molecular weight is 291 g/mol. The number of nitrogens with zero attached hydrogens (tertiary/aromatic N) is 3. The van der Waals surface area contributed by atoms with E-state index in [0.717, 1.165) is 39.3 Å². The lowest BCUT2D eigenvalue weighted by molar-refractivity contribution is -0.142. The van der Waals surface area contributed by atoms with Crippen LogP contribution in [-0.4, -0.2) is 73.2 Å². The number of anilines is 1. The van der Waals surface area contributed by atoms with E-state index in [1.54, 1.807) is 6.92 Å². The van der Waals surface area contributed by atoms with Gasteiger partial charge in [0.2, 0.25) is 0 Å². The summed E-state index contributed by atoms with van der Waals surface area (Å²) in [5.41, 5.74) is 1.29. The lowest BCUT2D eigenvalue weighted by Crippen LogP contribution is -2.49. The second kappa shape index (κ2) is 7.43. The molecule has 1 aliphatic heterocycles. The van der Waals surface area contributed by atoms with Gasteiger partial charge in [0.1, 0.15) is 6.04 Å². The Labute approximate surface area is 126 Å². The van der Waals surface area contributed by atoms with Crippen LogP contribution < -0.4 is 4.90 Å². The van der Waals surface area contributed by atoms with Gasteiger partial charge in [-0.05, 0) is 26.1 Å². The van der Waals surface area contributed by atoms with Gasteiger partial charge in [-0.1, -0.05) is 18.2 Å². The van der Waals surface area contributed by atoms with E-state index in [2.05, 4.69) is 34.1 Å². The van der Waals surface area contributed by atoms with E-state index in [1.807, 2.05) is 18.0 Å². The summed E-state index contributed by atoms with van der Waals surface area (Å²) in [6, 6.07) is 10.1. The Balaban J connectivity index is 1.73. The molecule has 2 rings (SSSR count). The van der Waals surface area contributed by atoms with Gasteiger partial charge in [0, 0.05) is 45.0 Å². The fraction of sp³-hybridized carbons (Fsp3) is 0.562. The third-order valence-electron chi connectivity index (χ3n) is 4.28. The predicted octanol–water partition coefficient (Wildman–Crippen LogP) is 1.21. The van der Waals surface area contributed by atoms with Crippen molar-refractivity contribution in [3.63, 3.8) is 0 Å². The maximum absolute atomic E-state index is 10.9. The Morgan fingerprint density at radius 2 is 1.86 bits per heavy atom. The zero-order valence-corrected chi connectivity index (χ0v) is 12.9. The maximum Gasteiger partial charge on any atom is 0.320 e. The van der Waals surface area contributed by atoms with Crippen LogP contribution in [0, 0.1) is 0 Å². The van der Waals surface area contributed by atoms with Crippen molar-refractivity contribution < 1.29 is 9.90 Å². The molecule has 0 aromatic heterocycles. The summed E-state index contributed by atoms with van der Waals surface area (Å²) in [5, 5.41) is 8.99. The Morgan fingerprint density at radius 3 is 2.43 bits per heavy atom. The molecule has 0 spiro atoms. The SMILES string of the molecule is CC(C(=O)O)N(C)CCN1CCN(c2ccccc2)CC1. The van der Waals surface area contributed by atoms with Crippen LogP contribution in [0.3, 0.4) is 0 Å². The molecular weight excluding hydrogens is 266 g/mol. The van der Waals surface area contributed by atoms with Crippen LogP contribution in [0.2, 0.25) is 0 Å². The minimum Gasteiger partial charge on any atom is -0.480 e. The minimum atomic E-state index is -0.758. The molecule has 1 unspecified atom stereocenters. The number of para-hydroxylation sites is 1. The second-order valence-corrected chi connectivity index (χ2v) is 5.66. The molecule has 5 nitrogen and oxygen atoms in total. The molecule has 0 aliphatic carbocycles. The molecule has 0 saturated carbocycles. The molecule has 0 bridgehead atoms. The molecule has 21 heavy (non-hydrogen) atoms. The molecule has 1 fully saturated rings. The first-order valence-corrected chi connectivity index (χ1v) is 7.53. The molecule has 1 saturated heterocycles. The van der Waals surface area contributed by atoms with E-state index in [4.69, 9.17) is 5.11 Å². The molecule has 1 aliphatic rings. The lowest BCUT2D eigenvalue weighted by atomic mass is 10.2. The summed E-state index contributed by atoms with van der Waals surface area (Å²) >= 11 is 0. The van der Waals surface area contributed by atoms with Gasteiger partial charge in [-0.3, -0.25) is 14.6 Å². The summed E-state index contributed by atoms with van der Waals surface area (Å²) in [7, 11) is 1.87. The van der Waals surface area contributed by atoms with Crippen LogP contribution in [0.1, 0.15) is 6.92 Å². The smallest absolute Gasteiger partial charge is 0.320 e. The molecular formula is C16H25N3O2. The van der Waals surface area contributed by atoms with Crippen LogP contribution in [-0.2, 0) is 4.79 Å². The number of carboxylic acid groups (broad SMARTS) is 1. The van der Waals surface area contributed by atoms with Crippen molar-refractivity contribution in [3.05, 3.63) is 30.3 Å². The largest absolute Gasteiger partial charge is 0.480 e. The van der Waals surface area contributed by atoms with Crippen molar-refractivity contribution in [2.24, 2.45) is 0 Å². The van der Waals surface area contributed by atoms with Crippen LogP contribution in [0.15, 0.2) is 30.3 Å². The fourth-order valence-electron chi connectivity index (χ4n) is 2.55. The summed E-state index contributed by atoms with van der Waals surface area (Å²) in [6.45, 7) is 7.57. The summed E-state index contributed by atoms with van der Waals surface area (Å²) < 4.78 is 0. The van der Waals surface area contributed by atoms with Crippen molar-refractivity contribution in [2.45, 2.75) is 13.0 Å². The second-order valence-electron chi connectivity index (χ2n) is 5.66. The topological polar surface area (TPSA) is 47.0 Å². The van der Waals surface area contributed by atoms with Gasteiger partial charge >= 0.3 is 5.97 Å². The molecule has 5 heteroatoms. The van der Waals surface area contributed by atoms with Crippen LogP contribution in [0.5, 0.6) is 0 Å². The third-order valence-corrected chi connectivity index (χ3v) is 4.28. The molecule has 1 heterocycles. The zero-order chi connectivity index (χ0) is 15.2. The first kappa shape index (κ1) is 15.8. The third kappa shape index (κ3) is 4.44. The Kier molecular flexibility index (Phi) is 5.59. The highest BCUT2D eigenvalue weighted by Gasteiger charge is 2.20. The fourth-order valence-corrected chi connectivity index (χ4v) is 2.55. The van der Waals surface area contributed by atoms with Gasteiger partial charge in [-0.25, -0.2) is 0 Å². The van der Waals surface area contributed by atoms with Gasteiger partial charge in [0.05, 0.1) is 0 Å². The number of carbonyl (C=O) groups is 1. The Hall–Kier alpha value is -1.59. The van der Waals surface area contributed by atoms with Crippen LogP contribution in [0.4, 0.5) is 5.69 Å². The van der Waals surface area contributed by atoms with Gasteiger partial charge in [-0.2, -0.15) is 0 Å². The van der Waals surface area contributed by atoms with Crippen molar-refractivity contribution >= 4 is 11.7 Å². The van der Waals surface area contributed by atoms with E-state index >= 15 is 0 Å². The maximum atomic E-state index is 10.9. The Bertz CT molecular complexity index is 444. The van der Waals surface area contributed by atoms with Crippen molar-refractivity contribution in [1.29, 1.82) is 0 Å². The van der Waals surface area contributed by atoms with E-state index in [-0.39, 0.29) is 0 Å². The summed E-state index contributed by atoms with van der Waals surface area (Å²) in [4.78, 5) is 17.6. The monoisotopic (exact) mass is 291 g/mol. The van der Waals surface area contributed by atoms with E-state index < -0.39 is 12.0 Å². The van der Waals surface area contributed by atoms with E-state index in [0.29, 0.717) is 0 Å². The first-order chi connectivity index (χ1) is 10.1. The number of hydrogen-bond acceptors (Lipinski definition) is 4. The van der Waals surface area contributed by atoms with E-state index in [1.165, 1.54) is 5.69 Å². The van der Waals surface area contributed by atoms with E-state index in [9.17, 15) is 4.79 Å². The summed E-state index contributed by atoms with van der Waals surface area (Å²) in [5.74, 6) is -0.758. The highest BCUT2D eigenvalue weighted by molar-refractivity contribution is 5.72. The zero-order valence-electron chi connectivity index (χ0n) is 12.9. The molecule has 1 aromatic carbocycles. The lowest BCUT2D eigenvalue weighted by Gasteiger charge is -2.37. The number of piperazine rings is 1. The van der Waals surface area contributed by atoms with Crippen LogP contribution in [0.25, 0.3) is 0 Å². The minimum absolute atomic E-state index is 0.421. The molecule has 1 aromatic rings. The van der Waals surface area contributed by atoms with Crippen molar-refractivity contribution in [1.82, 2.24) is 9.80 Å². The molecule has 116 valence electrons. The highest BCUT2D eigenvalue weighted by atomic mass is 16.4.